The fraction of sp³-hybridized carbons (Fsp3) is 0.395. The molecule has 0 aliphatic rings. The number of allylic oxidation sites excluding steroid dienone is 2. The molecule has 237 valence electrons. The van der Waals surface area contributed by atoms with Gasteiger partial charge in [-0.3, -0.25) is 4.79 Å². The van der Waals surface area contributed by atoms with Crippen molar-refractivity contribution < 1.29 is 30.0 Å². The fourth-order valence-electron chi connectivity index (χ4n) is 5.03. The normalized spacial score (nSPS) is 11.6. The number of aliphatic hydroxyl groups excluding tert-OH is 1. The number of aromatic nitrogens is 2. The summed E-state index contributed by atoms with van der Waals surface area (Å²) in [6, 6.07) is 24.7. The molecule has 0 saturated carbocycles. The zero-order valence-electron chi connectivity index (χ0n) is 27.2. The molecule has 4 rings (SSSR count). The van der Waals surface area contributed by atoms with Crippen molar-refractivity contribution in [3.05, 3.63) is 95.3 Å². The molecule has 0 amide bonds. The van der Waals surface area contributed by atoms with Crippen molar-refractivity contribution in [2.24, 2.45) is 17.3 Å². The largest absolute Gasteiger partial charge is 0.512 e. The Morgan fingerprint density at radius 3 is 1.91 bits per heavy atom. The molecule has 2 aromatic heterocycles. The summed E-state index contributed by atoms with van der Waals surface area (Å²) in [6.07, 6.45) is 7.83. The van der Waals surface area contributed by atoms with Crippen molar-refractivity contribution in [1.82, 2.24) is 9.97 Å². The first-order chi connectivity index (χ1) is 20.6. The van der Waals surface area contributed by atoms with Crippen molar-refractivity contribution in [3.63, 3.8) is 0 Å². The van der Waals surface area contributed by atoms with E-state index in [0.29, 0.717) is 19.9 Å². The van der Waals surface area contributed by atoms with Gasteiger partial charge in [0.05, 0.1) is 5.76 Å². The standard InChI is InChI=1S/C25H23N2Se.C13H24O2.Ir/c1-25(2,3)17-18-6-8-19(9-7-18)20-10-12-21(13-11-20)22-14-15-26-24(27-22)23-5-4-16-28-23;1-5-10(6-2)12(14)9-13(15)11(7-3)8-4;/h4,6-16H,17H2,1-3H3;9-11,14H,5-8H2,1-4H3;/q-1;;/b;12-9-;. The van der Waals surface area contributed by atoms with Crippen LogP contribution in [0.25, 0.3) is 32.6 Å². The van der Waals surface area contributed by atoms with Crippen LogP contribution in [-0.2, 0) is 31.3 Å². The Hall–Kier alpha value is -2.62. The molecular formula is C38H47IrN2O2Se-. The third-order valence-corrected chi connectivity index (χ3v) is 9.31. The van der Waals surface area contributed by atoms with E-state index in [1.807, 2.05) is 46.0 Å². The Kier molecular flexibility index (Phi) is 15.7. The number of nitrogens with zero attached hydrogens (tertiary/aromatic N) is 2. The van der Waals surface area contributed by atoms with E-state index in [9.17, 15) is 9.90 Å². The molecule has 0 unspecified atom stereocenters. The van der Waals surface area contributed by atoms with Crippen LogP contribution in [0.4, 0.5) is 0 Å². The third-order valence-electron chi connectivity index (χ3n) is 7.61. The molecule has 6 heteroatoms. The van der Waals surface area contributed by atoms with Crippen LogP contribution in [0.1, 0.15) is 79.7 Å². The van der Waals surface area contributed by atoms with Gasteiger partial charge in [-0.1, -0.05) is 48.5 Å². The number of carbonyl (C=O) groups is 1. The molecule has 0 fully saturated rings. The van der Waals surface area contributed by atoms with Crippen molar-refractivity contribution in [2.45, 2.75) is 80.6 Å². The van der Waals surface area contributed by atoms with Gasteiger partial charge in [-0.2, -0.15) is 0 Å². The molecule has 2 aromatic carbocycles. The van der Waals surface area contributed by atoms with Crippen LogP contribution in [-0.4, -0.2) is 35.4 Å². The summed E-state index contributed by atoms with van der Waals surface area (Å²) >= 11 is 0.293. The van der Waals surface area contributed by atoms with Gasteiger partial charge < -0.3 is 5.11 Å². The minimum Gasteiger partial charge on any atom is -0.512 e. The van der Waals surface area contributed by atoms with Crippen molar-refractivity contribution in [3.8, 4) is 32.6 Å². The molecule has 0 atom stereocenters. The molecule has 4 aromatic rings. The second-order valence-electron chi connectivity index (χ2n) is 12.2. The molecule has 0 bridgehead atoms. The van der Waals surface area contributed by atoms with Gasteiger partial charge in [-0.05, 0) is 37.5 Å². The minimum atomic E-state index is 0. The Morgan fingerprint density at radius 2 is 1.41 bits per heavy atom. The van der Waals surface area contributed by atoms with Crippen LogP contribution in [0.2, 0.25) is 0 Å². The first-order valence-corrected chi connectivity index (χ1v) is 17.4. The van der Waals surface area contributed by atoms with Crippen LogP contribution in [0, 0.1) is 23.3 Å². The van der Waals surface area contributed by atoms with Crippen LogP contribution in [0.3, 0.4) is 0 Å². The number of ketones is 1. The minimum absolute atomic E-state index is 0. The average Bonchev–Trinajstić information content (AvgIpc) is 3.54. The predicted molar refractivity (Wildman–Crippen MR) is 181 cm³/mol. The van der Waals surface area contributed by atoms with Crippen LogP contribution >= 0.6 is 0 Å². The van der Waals surface area contributed by atoms with Crippen LogP contribution in [0.15, 0.2) is 83.6 Å². The predicted octanol–water partition coefficient (Wildman–Crippen LogP) is 9.79. The van der Waals surface area contributed by atoms with Gasteiger partial charge in [0.25, 0.3) is 0 Å². The van der Waals surface area contributed by atoms with Crippen molar-refractivity contribution in [2.75, 3.05) is 0 Å². The molecule has 0 aliphatic heterocycles. The molecule has 0 spiro atoms. The van der Waals surface area contributed by atoms with E-state index in [1.165, 1.54) is 22.8 Å². The zero-order chi connectivity index (χ0) is 31.4. The summed E-state index contributed by atoms with van der Waals surface area (Å²) in [4.78, 5) is 23.0. The van der Waals surface area contributed by atoms with Gasteiger partial charge >= 0.3 is 141 Å². The number of benzene rings is 2. The van der Waals surface area contributed by atoms with Crippen LogP contribution in [0.5, 0.6) is 0 Å². The number of hydrogen-bond acceptors (Lipinski definition) is 4. The van der Waals surface area contributed by atoms with Gasteiger partial charge in [0.1, 0.15) is 0 Å². The van der Waals surface area contributed by atoms with Gasteiger partial charge in [0, 0.05) is 38.0 Å². The third kappa shape index (κ3) is 11.4. The molecule has 2 heterocycles. The number of rotatable bonds is 11. The van der Waals surface area contributed by atoms with E-state index in [2.05, 4.69) is 85.3 Å². The SMILES string of the molecule is CC(C)(C)Cc1ccc(-c2ccc(-c3ccnc(-c4[c-]cc[se]4)n3)cc2)cc1.CCC(CC)C(=O)/C=C(\O)C(CC)CC.[Ir]. The van der Waals surface area contributed by atoms with E-state index >= 15 is 0 Å². The number of carbonyl (C=O) groups excluding carboxylic acids is 1. The maximum atomic E-state index is 11.7. The molecular weight excluding hydrogens is 788 g/mol. The van der Waals surface area contributed by atoms with E-state index in [4.69, 9.17) is 4.98 Å². The summed E-state index contributed by atoms with van der Waals surface area (Å²) in [5.74, 6) is 1.34. The fourth-order valence-corrected chi connectivity index (χ4v) is 6.32. The monoisotopic (exact) mass is 836 g/mol. The summed E-state index contributed by atoms with van der Waals surface area (Å²) in [5.41, 5.74) is 6.22. The molecule has 1 N–H and O–H groups in total. The van der Waals surface area contributed by atoms with Gasteiger partial charge in [0.15, 0.2) is 5.78 Å². The van der Waals surface area contributed by atoms with E-state index in [1.54, 1.807) is 0 Å². The zero-order valence-corrected chi connectivity index (χ0v) is 31.3. The second-order valence-corrected chi connectivity index (χ2v) is 14.1. The first kappa shape index (κ1) is 37.6. The second kappa shape index (κ2) is 18.4. The summed E-state index contributed by atoms with van der Waals surface area (Å²) < 4.78 is 1.11. The van der Waals surface area contributed by atoms with E-state index in [-0.39, 0.29) is 43.5 Å². The van der Waals surface area contributed by atoms with Gasteiger partial charge in [-0.15, -0.1) is 0 Å². The van der Waals surface area contributed by atoms with Gasteiger partial charge in [0.2, 0.25) is 0 Å². The summed E-state index contributed by atoms with van der Waals surface area (Å²) in [6.45, 7) is 14.9. The summed E-state index contributed by atoms with van der Waals surface area (Å²) in [7, 11) is 0. The Morgan fingerprint density at radius 1 is 0.864 bits per heavy atom. The van der Waals surface area contributed by atoms with Crippen molar-refractivity contribution in [1.29, 1.82) is 0 Å². The Bertz CT molecular complexity index is 1430. The van der Waals surface area contributed by atoms with E-state index < -0.39 is 0 Å². The molecule has 44 heavy (non-hydrogen) atoms. The molecule has 4 nitrogen and oxygen atoms in total. The van der Waals surface area contributed by atoms with Crippen LogP contribution < -0.4 is 0 Å². The van der Waals surface area contributed by atoms with Gasteiger partial charge in [-0.25, -0.2) is 0 Å². The maximum absolute atomic E-state index is 11.7. The number of aliphatic hydroxyl groups is 1. The Balaban J connectivity index is 0.000000363. The van der Waals surface area contributed by atoms with E-state index in [0.717, 1.165) is 53.6 Å². The number of hydrogen-bond donors (Lipinski definition) is 1. The molecule has 0 aliphatic carbocycles. The Labute approximate surface area is 284 Å². The van der Waals surface area contributed by atoms with Crippen molar-refractivity contribution >= 4 is 20.3 Å². The topological polar surface area (TPSA) is 63.1 Å². The average molecular weight is 835 g/mol. The quantitative estimate of drug-likeness (QED) is 0.0708. The first-order valence-electron chi connectivity index (χ1n) is 15.5. The molecule has 1 radical (unpaired) electrons. The summed E-state index contributed by atoms with van der Waals surface area (Å²) in [5, 5.41) is 9.76. The molecule has 0 saturated heterocycles. The smallest absolute Gasteiger partial charge is 0.162 e. The maximum Gasteiger partial charge on any atom is 0.162 e.